The molecule has 1 aliphatic carbocycles. The van der Waals surface area contributed by atoms with Crippen LogP contribution in [-0.4, -0.2) is 0 Å². The number of rotatable bonds is 0. The smallest absolute Gasteiger partial charge is 0 e. The van der Waals surface area contributed by atoms with E-state index < -0.39 is 0 Å². The van der Waals surface area contributed by atoms with Gasteiger partial charge in [0.25, 0.3) is 0 Å². The van der Waals surface area contributed by atoms with Crippen molar-refractivity contribution in [1.82, 2.24) is 0 Å². The largest absolute Gasteiger partial charge is 0.269 e. The van der Waals surface area contributed by atoms with Gasteiger partial charge in [-0.1, -0.05) is 26.7 Å². The third-order valence-electron chi connectivity index (χ3n) is 2.24. The van der Waals surface area contributed by atoms with Gasteiger partial charge < -0.3 is 0 Å². The molecule has 0 aromatic heterocycles. The van der Waals surface area contributed by atoms with Crippen molar-refractivity contribution in [3.05, 3.63) is 22.8 Å². The molecule has 0 aromatic rings. The first-order valence-electron chi connectivity index (χ1n) is 3.40. The Labute approximate surface area is 92.5 Å². The summed E-state index contributed by atoms with van der Waals surface area (Å²) >= 11 is 0. The average molecular weight is 229 g/mol. The van der Waals surface area contributed by atoms with Gasteiger partial charge in [0.05, 0.1) is 0 Å². The van der Waals surface area contributed by atoms with Crippen molar-refractivity contribution in [2.24, 2.45) is 5.92 Å². The quantitative estimate of drug-likeness (QED) is 0.442. The zero-order valence-corrected chi connectivity index (χ0v) is 9.86. The van der Waals surface area contributed by atoms with E-state index in [-0.39, 0.29) is 35.8 Å². The Bertz CT molecular complexity index is 197. The van der Waals surface area contributed by atoms with Crippen LogP contribution in [-0.2, 0) is 21.7 Å². The first kappa shape index (κ1) is 23.1. The summed E-state index contributed by atoms with van der Waals surface area (Å²) in [6.07, 6.45) is 3.36. The van der Waals surface area contributed by atoms with Gasteiger partial charge in [-0.05, 0) is 0 Å². The molecule has 0 N–H and O–H groups in total. The van der Waals surface area contributed by atoms with Gasteiger partial charge in [0.1, 0.15) is 0 Å². The summed E-state index contributed by atoms with van der Waals surface area (Å²) in [5.41, 5.74) is 4.25. The summed E-state index contributed by atoms with van der Waals surface area (Å²) in [7, 11) is 0. The molecule has 0 saturated carbocycles. The van der Waals surface area contributed by atoms with Crippen molar-refractivity contribution in [3.8, 4) is 0 Å². The van der Waals surface area contributed by atoms with E-state index in [2.05, 4.69) is 33.8 Å². The van der Waals surface area contributed by atoms with Crippen LogP contribution in [0.1, 0.15) is 27.7 Å². The van der Waals surface area contributed by atoms with Crippen LogP contribution in [0.5, 0.6) is 0 Å². The van der Waals surface area contributed by atoms with Gasteiger partial charge in [0, 0.05) is 21.7 Å². The van der Waals surface area contributed by atoms with Crippen molar-refractivity contribution in [3.63, 3.8) is 0 Å². The van der Waals surface area contributed by atoms with E-state index in [9.17, 15) is 0 Å². The SMILES string of the molecule is CC1=[C-]C(C)C(C)=C1C.F.F.F.[Ti]. The van der Waals surface area contributed by atoms with Crippen LogP contribution in [0.15, 0.2) is 16.7 Å². The minimum atomic E-state index is 0. The van der Waals surface area contributed by atoms with Gasteiger partial charge in [-0.15, -0.1) is 6.92 Å². The third kappa shape index (κ3) is 4.68. The van der Waals surface area contributed by atoms with E-state index in [1.807, 2.05) is 0 Å². The van der Waals surface area contributed by atoms with Crippen LogP contribution in [0.25, 0.3) is 0 Å². The summed E-state index contributed by atoms with van der Waals surface area (Å²) in [4.78, 5) is 0. The number of hydrogen-bond donors (Lipinski definition) is 0. The Morgan fingerprint density at radius 1 is 1.00 bits per heavy atom. The maximum atomic E-state index is 3.36. The van der Waals surface area contributed by atoms with Crippen molar-refractivity contribution in [2.45, 2.75) is 27.7 Å². The summed E-state index contributed by atoms with van der Waals surface area (Å²) in [6, 6.07) is 0. The van der Waals surface area contributed by atoms with Gasteiger partial charge in [-0.25, -0.2) is 5.57 Å². The van der Waals surface area contributed by atoms with E-state index in [0.717, 1.165) is 0 Å². The molecule has 0 radical (unpaired) electrons. The molecule has 0 amide bonds. The maximum absolute atomic E-state index is 3.36. The molecule has 0 nitrogen and oxygen atoms in total. The monoisotopic (exact) mass is 229 g/mol. The predicted octanol–water partition coefficient (Wildman–Crippen LogP) is 3.18. The molecular formula is C9H16F3Ti-. The van der Waals surface area contributed by atoms with Crippen molar-refractivity contribution in [2.75, 3.05) is 0 Å². The van der Waals surface area contributed by atoms with Crippen molar-refractivity contribution >= 4 is 0 Å². The van der Waals surface area contributed by atoms with Gasteiger partial charge in [-0.3, -0.25) is 20.2 Å². The first-order chi connectivity index (χ1) is 4.13. The zero-order chi connectivity index (χ0) is 7.02. The molecule has 0 spiro atoms. The van der Waals surface area contributed by atoms with E-state index in [1.165, 1.54) is 16.7 Å². The number of hydrogen-bond acceptors (Lipinski definition) is 0. The molecule has 0 fully saturated rings. The topological polar surface area (TPSA) is 0 Å². The predicted molar refractivity (Wildman–Crippen MR) is 47.5 cm³/mol. The van der Waals surface area contributed by atoms with Crippen LogP contribution in [0.3, 0.4) is 0 Å². The summed E-state index contributed by atoms with van der Waals surface area (Å²) < 4.78 is 0. The zero-order valence-electron chi connectivity index (χ0n) is 8.30. The van der Waals surface area contributed by atoms with E-state index in [1.54, 1.807) is 0 Å². The second-order valence-electron chi connectivity index (χ2n) is 2.80. The Morgan fingerprint density at radius 3 is 1.46 bits per heavy atom. The second kappa shape index (κ2) is 8.58. The van der Waals surface area contributed by atoms with Crippen LogP contribution < -0.4 is 0 Å². The fourth-order valence-electron chi connectivity index (χ4n) is 1.16. The second-order valence-corrected chi connectivity index (χ2v) is 2.80. The van der Waals surface area contributed by atoms with E-state index in [4.69, 9.17) is 0 Å². The van der Waals surface area contributed by atoms with Gasteiger partial charge in [0.2, 0.25) is 0 Å². The Kier molecular flexibility index (Phi) is 15.2. The molecule has 0 heterocycles. The molecule has 1 rings (SSSR count). The first-order valence-corrected chi connectivity index (χ1v) is 3.40. The van der Waals surface area contributed by atoms with Gasteiger partial charge >= 0.3 is 0 Å². The van der Waals surface area contributed by atoms with E-state index >= 15 is 0 Å². The normalized spacial score (nSPS) is 18.8. The van der Waals surface area contributed by atoms with Crippen LogP contribution in [0, 0.1) is 12.0 Å². The molecule has 1 aliphatic rings. The van der Waals surface area contributed by atoms with Crippen molar-refractivity contribution < 1.29 is 35.8 Å². The number of allylic oxidation sites excluding steroid dienone is 4. The third-order valence-corrected chi connectivity index (χ3v) is 2.24. The maximum Gasteiger partial charge on any atom is 0 e. The van der Waals surface area contributed by atoms with Crippen LogP contribution in [0.4, 0.5) is 14.1 Å². The summed E-state index contributed by atoms with van der Waals surface area (Å²) in [5.74, 6) is 0.560. The minimum absolute atomic E-state index is 0. The van der Waals surface area contributed by atoms with Gasteiger partial charge in [0.15, 0.2) is 0 Å². The summed E-state index contributed by atoms with van der Waals surface area (Å²) in [5, 5.41) is 0. The Morgan fingerprint density at radius 2 is 1.38 bits per heavy atom. The molecule has 1 unspecified atom stereocenters. The Balaban J connectivity index is -0.000000101. The Hall–Kier alpha value is -0.0157. The molecular weight excluding hydrogens is 213 g/mol. The molecule has 78 valence electrons. The minimum Gasteiger partial charge on any atom is -0.269 e. The van der Waals surface area contributed by atoms with Gasteiger partial charge in [-0.2, -0.15) is 11.1 Å². The summed E-state index contributed by atoms with van der Waals surface area (Å²) in [6.45, 7) is 8.67. The fraction of sp³-hybridized carbons (Fsp3) is 0.556. The molecule has 0 aromatic carbocycles. The van der Waals surface area contributed by atoms with E-state index in [0.29, 0.717) is 5.92 Å². The van der Waals surface area contributed by atoms with Crippen LogP contribution in [0.2, 0.25) is 0 Å². The molecule has 0 saturated heterocycles. The van der Waals surface area contributed by atoms with Crippen molar-refractivity contribution in [1.29, 1.82) is 0 Å². The molecule has 0 aliphatic heterocycles. The molecule has 1 atom stereocenters. The average Bonchev–Trinajstić information content (AvgIpc) is 1.98. The fourth-order valence-corrected chi connectivity index (χ4v) is 1.16. The molecule has 13 heavy (non-hydrogen) atoms. The standard InChI is InChI=1S/C9H13.3FH.Ti/c1-6-5-7(2)9(4)8(6)3;;;;/h6H,1-4H3;3*1H;/q-1;;;;. The molecule has 0 bridgehead atoms. The molecule has 4 heteroatoms. The number of halogens is 3. The van der Waals surface area contributed by atoms with Crippen LogP contribution >= 0.6 is 0 Å².